The highest BCUT2D eigenvalue weighted by molar-refractivity contribution is 8.18. The lowest BCUT2D eigenvalue weighted by Crippen LogP contribution is -2.36. The number of anilines is 1. The molecule has 40 heavy (non-hydrogen) atoms. The number of carbonyl (C=O) groups excluding carboxylic acids is 3. The summed E-state index contributed by atoms with van der Waals surface area (Å²) < 4.78 is 30.6. The molecule has 3 aromatic carbocycles. The molecule has 3 heterocycles. The molecule has 2 aliphatic heterocycles. The van der Waals surface area contributed by atoms with E-state index in [1.165, 1.54) is 6.08 Å². The molecule has 4 aromatic rings. The zero-order valence-electron chi connectivity index (χ0n) is 20.2. The van der Waals surface area contributed by atoms with Gasteiger partial charge < -0.3 is 19.5 Å². The van der Waals surface area contributed by atoms with Crippen LogP contribution in [0.1, 0.15) is 5.56 Å². The summed E-state index contributed by atoms with van der Waals surface area (Å²) in [5, 5.41) is 3.30. The van der Waals surface area contributed by atoms with Crippen molar-refractivity contribution in [3.63, 3.8) is 0 Å². The van der Waals surface area contributed by atoms with E-state index in [0.29, 0.717) is 39.9 Å². The molecule has 200 valence electrons. The van der Waals surface area contributed by atoms with Crippen molar-refractivity contribution in [3.8, 4) is 23.1 Å². The van der Waals surface area contributed by atoms with Crippen LogP contribution in [0.3, 0.4) is 0 Å². The van der Waals surface area contributed by atoms with Crippen LogP contribution in [0.25, 0.3) is 16.8 Å². The van der Waals surface area contributed by atoms with E-state index in [0.717, 1.165) is 16.5 Å². The van der Waals surface area contributed by atoms with Crippen molar-refractivity contribution in [2.75, 3.05) is 18.7 Å². The first-order valence-electron chi connectivity index (χ1n) is 11.7. The van der Waals surface area contributed by atoms with Gasteiger partial charge in [0.1, 0.15) is 12.3 Å². The summed E-state index contributed by atoms with van der Waals surface area (Å²) in [5.41, 5.74) is 0.828. The number of amides is 3. The van der Waals surface area contributed by atoms with Gasteiger partial charge in [0, 0.05) is 17.3 Å². The predicted molar refractivity (Wildman–Crippen MR) is 145 cm³/mol. The molecule has 0 spiro atoms. The number of nitrogens with zero attached hydrogens (tertiary/aromatic N) is 3. The summed E-state index contributed by atoms with van der Waals surface area (Å²) in [7, 11) is 0. The average molecular weight is 579 g/mol. The summed E-state index contributed by atoms with van der Waals surface area (Å²) >= 11 is 6.48. The van der Waals surface area contributed by atoms with Crippen LogP contribution in [-0.2, 0) is 9.59 Å². The maximum atomic E-state index is 14.3. The Morgan fingerprint density at radius 2 is 1.98 bits per heavy atom. The Hall–Kier alpha value is -4.68. The van der Waals surface area contributed by atoms with Crippen molar-refractivity contribution < 1.29 is 33.0 Å². The Morgan fingerprint density at radius 1 is 1.15 bits per heavy atom. The van der Waals surface area contributed by atoms with E-state index in [1.807, 2.05) is 12.1 Å². The smallest absolute Gasteiger partial charge is 0.294 e. The SMILES string of the molecule is O=C(CN1C(=O)S/C(=C/c2c(Oc3nc(Cl)ncc3F)ccc3ccccc23)C1=O)Nc1ccc2c(c1)OCO2. The molecule has 0 saturated carbocycles. The highest BCUT2D eigenvalue weighted by Gasteiger charge is 2.36. The summed E-state index contributed by atoms with van der Waals surface area (Å²) in [5.74, 6) is -1.28. The minimum Gasteiger partial charge on any atom is -0.454 e. The summed E-state index contributed by atoms with van der Waals surface area (Å²) in [4.78, 5) is 46.9. The van der Waals surface area contributed by atoms with Crippen LogP contribution in [0, 0.1) is 5.82 Å². The van der Waals surface area contributed by atoms with Gasteiger partial charge in [0.25, 0.3) is 17.0 Å². The van der Waals surface area contributed by atoms with Gasteiger partial charge in [0.05, 0.1) is 11.1 Å². The first kappa shape index (κ1) is 25.6. The van der Waals surface area contributed by atoms with Gasteiger partial charge in [-0.1, -0.05) is 30.3 Å². The van der Waals surface area contributed by atoms with Gasteiger partial charge in [-0.3, -0.25) is 19.3 Å². The van der Waals surface area contributed by atoms with Crippen molar-refractivity contribution in [1.82, 2.24) is 14.9 Å². The van der Waals surface area contributed by atoms with Crippen LogP contribution in [-0.4, -0.2) is 45.3 Å². The van der Waals surface area contributed by atoms with Crippen LogP contribution in [0.15, 0.2) is 65.7 Å². The molecule has 1 fully saturated rings. The van der Waals surface area contributed by atoms with Crippen LogP contribution in [0.4, 0.5) is 14.9 Å². The molecule has 6 rings (SSSR count). The number of aromatic nitrogens is 2. The van der Waals surface area contributed by atoms with Gasteiger partial charge in [-0.05, 0) is 58.4 Å². The largest absolute Gasteiger partial charge is 0.454 e. The normalized spacial score (nSPS) is 15.2. The van der Waals surface area contributed by atoms with Crippen molar-refractivity contribution in [2.45, 2.75) is 0 Å². The Balaban J connectivity index is 1.27. The Morgan fingerprint density at radius 3 is 2.85 bits per heavy atom. The topological polar surface area (TPSA) is 120 Å². The van der Waals surface area contributed by atoms with E-state index in [1.54, 1.807) is 42.5 Å². The summed E-state index contributed by atoms with van der Waals surface area (Å²) in [6.45, 7) is -0.416. The van der Waals surface area contributed by atoms with Crippen molar-refractivity contribution in [3.05, 3.63) is 82.4 Å². The molecular weight excluding hydrogens is 563 g/mol. The number of nitrogens with one attached hydrogen (secondary N) is 1. The van der Waals surface area contributed by atoms with Gasteiger partial charge in [-0.15, -0.1) is 0 Å². The lowest BCUT2D eigenvalue weighted by Gasteiger charge is -2.13. The van der Waals surface area contributed by atoms with Gasteiger partial charge in [-0.2, -0.15) is 9.37 Å². The highest BCUT2D eigenvalue weighted by Crippen LogP contribution is 2.39. The zero-order chi connectivity index (χ0) is 27.8. The number of carbonyl (C=O) groups is 3. The van der Waals surface area contributed by atoms with Gasteiger partial charge in [-0.25, -0.2) is 4.98 Å². The fraction of sp³-hybridized carbons (Fsp3) is 0.0741. The van der Waals surface area contributed by atoms with E-state index in [-0.39, 0.29) is 22.7 Å². The number of imide groups is 1. The van der Waals surface area contributed by atoms with E-state index in [9.17, 15) is 18.8 Å². The lowest BCUT2D eigenvalue weighted by molar-refractivity contribution is -0.127. The van der Waals surface area contributed by atoms with E-state index < -0.39 is 35.3 Å². The number of ether oxygens (including phenoxy) is 3. The van der Waals surface area contributed by atoms with Crippen LogP contribution >= 0.6 is 23.4 Å². The van der Waals surface area contributed by atoms with Gasteiger partial charge >= 0.3 is 0 Å². The molecule has 10 nitrogen and oxygen atoms in total. The van der Waals surface area contributed by atoms with E-state index in [2.05, 4.69) is 15.3 Å². The maximum absolute atomic E-state index is 14.3. The summed E-state index contributed by atoms with van der Waals surface area (Å²) in [6.07, 6.45) is 2.35. The number of fused-ring (bicyclic) bond motifs is 2. The maximum Gasteiger partial charge on any atom is 0.294 e. The Kier molecular flexibility index (Phi) is 6.70. The Bertz CT molecular complexity index is 1750. The second-order valence-electron chi connectivity index (χ2n) is 8.48. The minimum atomic E-state index is -0.836. The Labute approximate surface area is 234 Å². The van der Waals surface area contributed by atoms with Crippen LogP contribution in [0.5, 0.6) is 23.1 Å². The fourth-order valence-electron chi connectivity index (χ4n) is 4.11. The molecule has 0 unspecified atom stereocenters. The third-order valence-corrected chi connectivity index (χ3v) is 7.02. The second-order valence-corrected chi connectivity index (χ2v) is 9.81. The van der Waals surface area contributed by atoms with Crippen LogP contribution in [0.2, 0.25) is 5.28 Å². The second kappa shape index (κ2) is 10.5. The molecule has 0 aliphatic carbocycles. The molecule has 0 atom stereocenters. The van der Waals surface area contributed by atoms with E-state index >= 15 is 0 Å². The molecule has 1 saturated heterocycles. The van der Waals surface area contributed by atoms with Crippen molar-refractivity contribution >= 4 is 63.0 Å². The standard InChI is InChI=1S/C27H16ClFN4O6S/c28-26-30-11-18(29)24(32-26)39-19-7-5-14-3-1-2-4-16(14)17(19)10-22-25(35)33(27(36)40-22)12-23(34)31-15-6-8-20-21(9-15)38-13-37-20/h1-11H,12-13H2,(H,31,34)/b22-10+. The number of hydrogen-bond acceptors (Lipinski definition) is 9. The fourth-order valence-corrected chi connectivity index (χ4v) is 5.05. The number of rotatable bonds is 6. The molecule has 2 aliphatic rings. The van der Waals surface area contributed by atoms with E-state index in [4.69, 9.17) is 25.8 Å². The number of benzene rings is 3. The average Bonchev–Trinajstić information content (AvgIpc) is 3.51. The lowest BCUT2D eigenvalue weighted by atomic mass is 10.0. The van der Waals surface area contributed by atoms with Crippen LogP contribution < -0.4 is 19.5 Å². The summed E-state index contributed by atoms with van der Waals surface area (Å²) in [6, 6.07) is 15.5. The molecule has 13 heteroatoms. The third kappa shape index (κ3) is 5.01. The monoisotopic (exact) mass is 578 g/mol. The molecule has 3 amide bonds. The van der Waals surface area contributed by atoms with Gasteiger partial charge in [0.15, 0.2) is 11.5 Å². The zero-order valence-corrected chi connectivity index (χ0v) is 21.8. The minimum absolute atomic E-state index is 0.0586. The molecule has 1 aromatic heterocycles. The van der Waals surface area contributed by atoms with Gasteiger partial charge in [0.2, 0.25) is 23.8 Å². The molecule has 0 bridgehead atoms. The number of thioether (sulfide) groups is 1. The first-order chi connectivity index (χ1) is 19.4. The quantitative estimate of drug-likeness (QED) is 0.230. The predicted octanol–water partition coefficient (Wildman–Crippen LogP) is 5.62. The molecular formula is C27H16ClFN4O6S. The highest BCUT2D eigenvalue weighted by atomic mass is 35.5. The first-order valence-corrected chi connectivity index (χ1v) is 12.9. The van der Waals surface area contributed by atoms with Crippen molar-refractivity contribution in [1.29, 1.82) is 0 Å². The molecule has 0 radical (unpaired) electrons. The number of hydrogen-bond donors (Lipinski definition) is 1. The molecule has 1 N–H and O–H groups in total. The number of halogens is 2. The third-order valence-electron chi connectivity index (χ3n) is 5.93. The van der Waals surface area contributed by atoms with Crippen molar-refractivity contribution in [2.24, 2.45) is 0 Å².